The van der Waals surface area contributed by atoms with Crippen molar-refractivity contribution in [2.24, 2.45) is 0 Å². The summed E-state index contributed by atoms with van der Waals surface area (Å²) in [5, 5.41) is 4.23. The molecule has 0 saturated carbocycles. The smallest absolute Gasteiger partial charge is 0.118 e. The van der Waals surface area contributed by atoms with E-state index in [-0.39, 0.29) is 0 Å². The van der Waals surface area contributed by atoms with E-state index in [1.807, 2.05) is 42.5 Å². The van der Waals surface area contributed by atoms with Crippen LogP contribution in [0.1, 0.15) is 0 Å². The zero-order chi connectivity index (χ0) is 32.0. The van der Waals surface area contributed by atoms with E-state index >= 15 is 0 Å². The van der Waals surface area contributed by atoms with E-state index in [2.05, 4.69) is 109 Å². The van der Waals surface area contributed by atoms with Gasteiger partial charge in [0, 0.05) is 43.8 Å². The molecule has 0 fully saturated rings. The van der Waals surface area contributed by atoms with Crippen LogP contribution in [-0.4, -0.2) is 27.0 Å². The van der Waals surface area contributed by atoms with E-state index in [1.54, 1.807) is 7.11 Å². The summed E-state index contributed by atoms with van der Waals surface area (Å²) in [5.74, 6) is 0.819. The summed E-state index contributed by atoms with van der Waals surface area (Å²) >= 11 is 0. The minimum absolute atomic E-state index is 0.819. The summed E-state index contributed by atoms with van der Waals surface area (Å²) < 4.78 is 5.34. The minimum Gasteiger partial charge on any atom is -0.497 e. The second-order valence-electron chi connectivity index (χ2n) is 11.9. The van der Waals surface area contributed by atoms with E-state index in [0.717, 1.165) is 94.4 Å². The minimum atomic E-state index is 0.819. The van der Waals surface area contributed by atoms with Crippen LogP contribution in [0.25, 0.3) is 88.6 Å². The van der Waals surface area contributed by atoms with Gasteiger partial charge in [0.25, 0.3) is 0 Å². The van der Waals surface area contributed by atoms with E-state index < -0.39 is 0 Å². The van der Waals surface area contributed by atoms with Gasteiger partial charge in [-0.05, 0) is 54.6 Å². The first kappa shape index (κ1) is 27.8. The maximum atomic E-state index is 5.34. The fraction of sp³-hybridized carbons (Fsp3) is 0.0233. The number of ether oxygens (including phenoxy) is 1. The van der Waals surface area contributed by atoms with Crippen molar-refractivity contribution in [2.45, 2.75) is 0 Å². The molecule has 0 bridgehead atoms. The van der Waals surface area contributed by atoms with Crippen LogP contribution in [0.3, 0.4) is 0 Å². The van der Waals surface area contributed by atoms with Crippen LogP contribution >= 0.6 is 0 Å². The summed E-state index contributed by atoms with van der Waals surface area (Å²) in [6.07, 6.45) is 0. The van der Waals surface area contributed by atoms with Gasteiger partial charge >= 0.3 is 0 Å². The number of hydrogen-bond donors (Lipinski definition) is 0. The van der Waals surface area contributed by atoms with Crippen LogP contribution < -0.4 is 4.74 Å². The Bertz CT molecular complexity index is 2650. The van der Waals surface area contributed by atoms with Gasteiger partial charge < -0.3 is 4.74 Å². The molecule has 0 aliphatic heterocycles. The summed E-state index contributed by atoms with van der Waals surface area (Å²) in [6.45, 7) is 0. The molecule has 48 heavy (non-hydrogen) atoms. The van der Waals surface area contributed by atoms with Crippen LogP contribution in [0.5, 0.6) is 5.75 Å². The summed E-state index contributed by atoms with van der Waals surface area (Å²) in [4.78, 5) is 20.5. The van der Waals surface area contributed by atoms with Crippen molar-refractivity contribution >= 4 is 43.6 Å². The van der Waals surface area contributed by atoms with E-state index in [0.29, 0.717) is 0 Å². The van der Waals surface area contributed by atoms with Crippen molar-refractivity contribution in [2.75, 3.05) is 7.11 Å². The first-order valence-corrected chi connectivity index (χ1v) is 15.9. The highest BCUT2D eigenvalue weighted by molar-refractivity contribution is 6.05. The number of pyridine rings is 4. The van der Waals surface area contributed by atoms with Gasteiger partial charge in [-0.25, -0.2) is 19.9 Å². The SMILES string of the molecule is COc1ccc(-c2ccc3ccc4ccc(-c5cccc(-c6ccc7ccc8ccc(-c9ccccc9)nc8c7n6)c5)nc4c3n2)cc1. The van der Waals surface area contributed by atoms with E-state index in [4.69, 9.17) is 24.7 Å². The van der Waals surface area contributed by atoms with Crippen molar-refractivity contribution in [3.63, 3.8) is 0 Å². The Kier molecular flexibility index (Phi) is 6.61. The summed E-state index contributed by atoms with van der Waals surface area (Å²) in [5.41, 5.74) is 11.3. The van der Waals surface area contributed by atoms with E-state index in [9.17, 15) is 0 Å². The highest BCUT2D eigenvalue weighted by atomic mass is 16.5. The lowest BCUT2D eigenvalue weighted by molar-refractivity contribution is 0.415. The second kappa shape index (κ2) is 11.4. The lowest BCUT2D eigenvalue weighted by Crippen LogP contribution is -1.92. The number of hydrogen-bond acceptors (Lipinski definition) is 5. The first-order valence-electron chi connectivity index (χ1n) is 15.9. The first-order chi connectivity index (χ1) is 23.7. The lowest BCUT2D eigenvalue weighted by Gasteiger charge is -2.10. The Morgan fingerprint density at radius 2 is 0.688 bits per heavy atom. The molecule has 0 N–H and O–H groups in total. The van der Waals surface area contributed by atoms with Gasteiger partial charge in [0.1, 0.15) is 5.75 Å². The number of rotatable bonds is 5. The van der Waals surface area contributed by atoms with Crippen LogP contribution in [0, 0.1) is 0 Å². The largest absolute Gasteiger partial charge is 0.497 e. The molecule has 0 saturated heterocycles. The average molecular weight is 617 g/mol. The van der Waals surface area contributed by atoms with Gasteiger partial charge in [-0.3, -0.25) is 0 Å². The second-order valence-corrected chi connectivity index (χ2v) is 11.9. The zero-order valence-electron chi connectivity index (χ0n) is 26.1. The quantitative estimate of drug-likeness (QED) is 0.180. The topological polar surface area (TPSA) is 60.8 Å². The standard InChI is InChI=1S/C43H28N4O/c1-48-35-20-14-28(15-21-35)37-23-17-30-11-13-32-19-25-39(47-43(32)41(30)45-37)34-9-5-8-33(26-34)38-24-18-31-12-10-29-16-22-36(27-6-3-2-4-7-27)44-40(29)42(31)46-38/h2-26H,1H3. The molecule has 4 heterocycles. The average Bonchev–Trinajstić information content (AvgIpc) is 3.17. The van der Waals surface area contributed by atoms with Crippen molar-refractivity contribution in [3.05, 3.63) is 152 Å². The monoisotopic (exact) mass is 616 g/mol. The van der Waals surface area contributed by atoms with Gasteiger partial charge in [-0.1, -0.05) is 97.1 Å². The molecule has 0 aliphatic rings. The Morgan fingerprint density at radius 3 is 1.10 bits per heavy atom. The van der Waals surface area contributed by atoms with Crippen LogP contribution in [0.15, 0.2) is 152 Å². The third-order valence-corrected chi connectivity index (χ3v) is 8.95. The predicted octanol–water partition coefficient (Wildman–Crippen LogP) is 10.6. The van der Waals surface area contributed by atoms with E-state index in [1.165, 1.54) is 0 Å². The normalized spacial score (nSPS) is 11.4. The number of benzene rings is 5. The Labute approximate surface area is 277 Å². The summed E-state index contributed by atoms with van der Waals surface area (Å²) in [6, 6.07) is 51.9. The molecule has 4 aromatic heterocycles. The van der Waals surface area contributed by atoms with Gasteiger partial charge in [-0.2, -0.15) is 0 Å². The lowest BCUT2D eigenvalue weighted by atomic mass is 10.0. The fourth-order valence-corrected chi connectivity index (χ4v) is 6.39. The Hall–Kier alpha value is -6.46. The predicted molar refractivity (Wildman–Crippen MR) is 196 cm³/mol. The molecular weight excluding hydrogens is 589 g/mol. The molecule has 0 amide bonds. The van der Waals surface area contributed by atoms with Crippen molar-refractivity contribution < 1.29 is 4.74 Å². The van der Waals surface area contributed by atoms with Crippen LogP contribution in [0.4, 0.5) is 0 Å². The highest BCUT2D eigenvalue weighted by Gasteiger charge is 2.12. The molecule has 0 spiro atoms. The fourth-order valence-electron chi connectivity index (χ4n) is 6.39. The molecule has 5 nitrogen and oxygen atoms in total. The van der Waals surface area contributed by atoms with Crippen molar-refractivity contribution in [3.8, 4) is 50.8 Å². The Balaban J connectivity index is 1.13. The number of fused-ring (bicyclic) bond motifs is 6. The molecule has 0 atom stereocenters. The maximum Gasteiger partial charge on any atom is 0.118 e. The molecule has 5 heteroatoms. The third-order valence-electron chi connectivity index (χ3n) is 8.95. The summed E-state index contributed by atoms with van der Waals surface area (Å²) in [7, 11) is 1.67. The molecule has 0 unspecified atom stereocenters. The van der Waals surface area contributed by atoms with Crippen molar-refractivity contribution in [1.82, 2.24) is 19.9 Å². The van der Waals surface area contributed by atoms with Gasteiger partial charge in [0.2, 0.25) is 0 Å². The number of aromatic nitrogens is 4. The highest BCUT2D eigenvalue weighted by Crippen LogP contribution is 2.32. The van der Waals surface area contributed by atoms with Gasteiger partial charge in [0.15, 0.2) is 0 Å². The molecule has 0 aliphatic carbocycles. The van der Waals surface area contributed by atoms with Crippen LogP contribution in [-0.2, 0) is 0 Å². The maximum absolute atomic E-state index is 5.34. The van der Waals surface area contributed by atoms with Gasteiger partial charge in [-0.15, -0.1) is 0 Å². The van der Waals surface area contributed by atoms with Crippen LogP contribution in [0.2, 0.25) is 0 Å². The molecule has 226 valence electrons. The van der Waals surface area contributed by atoms with Crippen molar-refractivity contribution in [1.29, 1.82) is 0 Å². The number of nitrogens with zero attached hydrogens (tertiary/aromatic N) is 4. The number of methoxy groups -OCH3 is 1. The van der Waals surface area contributed by atoms with Gasteiger partial charge in [0.05, 0.1) is 52.0 Å². The Morgan fingerprint density at radius 1 is 0.333 bits per heavy atom. The molecule has 5 aromatic carbocycles. The zero-order valence-corrected chi connectivity index (χ0v) is 26.1. The molecule has 9 rings (SSSR count). The molecule has 9 aromatic rings. The molecular formula is C43H28N4O. The molecule has 0 radical (unpaired) electrons. The third kappa shape index (κ3) is 4.89.